The van der Waals surface area contributed by atoms with Gasteiger partial charge < -0.3 is 14.8 Å². The minimum atomic E-state index is -4.35. The van der Waals surface area contributed by atoms with Crippen LogP contribution >= 0.6 is 11.8 Å². The third-order valence-corrected chi connectivity index (χ3v) is 4.12. The van der Waals surface area contributed by atoms with Gasteiger partial charge >= 0.3 is 6.18 Å². The molecule has 0 radical (unpaired) electrons. The van der Waals surface area contributed by atoms with Crippen molar-refractivity contribution in [1.29, 1.82) is 0 Å². The number of hydrogen-bond acceptors (Lipinski definition) is 5. The van der Waals surface area contributed by atoms with Crippen molar-refractivity contribution < 1.29 is 27.4 Å². The van der Waals surface area contributed by atoms with Gasteiger partial charge in [0, 0.05) is 12.3 Å². The lowest BCUT2D eigenvalue weighted by atomic mass is 10.2. The van der Waals surface area contributed by atoms with Crippen LogP contribution in [0.4, 0.5) is 18.9 Å². The summed E-state index contributed by atoms with van der Waals surface area (Å²) >= 11 is 0.461. The number of benzene rings is 1. The van der Waals surface area contributed by atoms with Crippen molar-refractivity contribution in [1.82, 2.24) is 4.98 Å². The van der Waals surface area contributed by atoms with Gasteiger partial charge in [-0.05, 0) is 24.3 Å². The van der Waals surface area contributed by atoms with Gasteiger partial charge in [-0.1, -0.05) is 11.8 Å². The van der Waals surface area contributed by atoms with Gasteiger partial charge in [0.1, 0.15) is 16.5 Å². The van der Waals surface area contributed by atoms with Gasteiger partial charge in [0.05, 0.1) is 31.2 Å². The van der Waals surface area contributed by atoms with Gasteiger partial charge in [-0.15, -0.1) is 0 Å². The summed E-state index contributed by atoms with van der Waals surface area (Å²) in [5, 5.41) is 2.62. The van der Waals surface area contributed by atoms with E-state index in [0.29, 0.717) is 28.9 Å². The predicted molar refractivity (Wildman–Crippen MR) is 88.5 cm³/mol. The highest BCUT2D eigenvalue weighted by atomic mass is 32.2. The number of methoxy groups -OCH3 is 2. The molecule has 1 aromatic carbocycles. The number of nitrogens with zero attached hydrogens (tertiary/aromatic N) is 1. The Hall–Kier alpha value is -2.42. The van der Waals surface area contributed by atoms with Crippen LogP contribution in [-0.4, -0.2) is 37.0 Å². The first-order chi connectivity index (χ1) is 11.8. The van der Waals surface area contributed by atoms with E-state index in [4.69, 9.17) is 9.47 Å². The first-order valence-electron chi connectivity index (χ1n) is 7.02. The maximum absolute atomic E-state index is 12.4. The molecule has 0 fully saturated rings. The van der Waals surface area contributed by atoms with Crippen LogP contribution in [0.15, 0.2) is 41.6 Å². The number of thioether (sulfide) groups is 1. The van der Waals surface area contributed by atoms with E-state index in [9.17, 15) is 18.0 Å². The van der Waals surface area contributed by atoms with Crippen LogP contribution in [-0.2, 0) is 0 Å². The lowest BCUT2D eigenvalue weighted by molar-refractivity contribution is -0.105. The molecule has 9 heteroatoms. The zero-order valence-corrected chi connectivity index (χ0v) is 14.2. The third kappa shape index (κ3) is 5.28. The number of ether oxygens (including phenoxy) is 2. The molecule has 0 saturated carbocycles. The number of pyridine rings is 1. The second-order valence-electron chi connectivity index (χ2n) is 4.78. The molecule has 2 aromatic rings. The van der Waals surface area contributed by atoms with E-state index in [1.54, 1.807) is 18.2 Å². The van der Waals surface area contributed by atoms with Gasteiger partial charge in [-0.2, -0.15) is 13.2 Å². The Morgan fingerprint density at radius 1 is 1.24 bits per heavy atom. The molecule has 1 amide bonds. The molecule has 0 saturated heterocycles. The second-order valence-corrected chi connectivity index (χ2v) is 5.74. The van der Waals surface area contributed by atoms with Crippen LogP contribution in [0.1, 0.15) is 10.4 Å². The first kappa shape index (κ1) is 18.9. The summed E-state index contributed by atoms with van der Waals surface area (Å²) in [7, 11) is 2.92. The standard InChI is InChI=1S/C16H15F3N2O3S/c1-23-10-5-6-12(13(8-10)24-2)21-14(22)11-4-3-7-20-15(11)25-9-16(17,18)19/h3-8H,9H2,1-2H3,(H,21,22). The van der Waals surface area contributed by atoms with Gasteiger partial charge in [-0.25, -0.2) is 4.98 Å². The lowest BCUT2D eigenvalue weighted by Crippen LogP contribution is -2.16. The number of nitrogens with one attached hydrogen (secondary N) is 1. The second kappa shape index (κ2) is 8.11. The van der Waals surface area contributed by atoms with Crippen molar-refractivity contribution in [3.8, 4) is 11.5 Å². The van der Waals surface area contributed by atoms with Crippen LogP contribution in [0.2, 0.25) is 0 Å². The normalized spacial score (nSPS) is 11.1. The minimum absolute atomic E-state index is 0.00445. The molecule has 0 aliphatic carbocycles. The summed E-state index contributed by atoms with van der Waals surface area (Å²) in [6, 6.07) is 7.68. The van der Waals surface area contributed by atoms with Crippen LogP contribution < -0.4 is 14.8 Å². The molecule has 1 heterocycles. The number of carbonyl (C=O) groups excluding carboxylic acids is 1. The average molecular weight is 372 g/mol. The summed E-state index contributed by atoms with van der Waals surface area (Å²) < 4.78 is 47.5. The molecule has 0 aliphatic rings. The number of rotatable bonds is 6. The fraction of sp³-hybridized carbons (Fsp3) is 0.250. The van der Waals surface area contributed by atoms with E-state index in [-0.39, 0.29) is 10.6 Å². The third-order valence-electron chi connectivity index (χ3n) is 3.05. The van der Waals surface area contributed by atoms with Gasteiger partial charge in [-0.3, -0.25) is 4.79 Å². The molecule has 1 N–H and O–H groups in total. The number of amides is 1. The summed E-state index contributed by atoms with van der Waals surface area (Å²) in [5.41, 5.74) is 0.415. The van der Waals surface area contributed by atoms with E-state index >= 15 is 0 Å². The van der Waals surface area contributed by atoms with Crippen LogP contribution in [0.3, 0.4) is 0 Å². The Labute approximate surface area is 146 Å². The summed E-state index contributed by atoms with van der Waals surface area (Å²) in [6.45, 7) is 0. The zero-order valence-electron chi connectivity index (χ0n) is 13.4. The Bertz CT molecular complexity index is 754. The fourth-order valence-corrected chi connectivity index (χ4v) is 2.67. The summed E-state index contributed by atoms with van der Waals surface area (Å²) in [6.07, 6.45) is -3.02. The molecule has 0 bridgehead atoms. The van der Waals surface area contributed by atoms with Crippen molar-refractivity contribution in [3.63, 3.8) is 0 Å². The number of carbonyl (C=O) groups is 1. The lowest BCUT2D eigenvalue weighted by Gasteiger charge is -2.13. The highest BCUT2D eigenvalue weighted by Gasteiger charge is 2.28. The number of anilines is 1. The zero-order chi connectivity index (χ0) is 18.4. The van der Waals surface area contributed by atoms with Crippen molar-refractivity contribution in [2.24, 2.45) is 0 Å². The first-order valence-corrected chi connectivity index (χ1v) is 8.00. The van der Waals surface area contributed by atoms with E-state index < -0.39 is 17.8 Å². The highest BCUT2D eigenvalue weighted by Crippen LogP contribution is 2.31. The van der Waals surface area contributed by atoms with E-state index in [0.717, 1.165) is 0 Å². The number of halogens is 3. The molecule has 0 spiro atoms. The molecule has 25 heavy (non-hydrogen) atoms. The Morgan fingerprint density at radius 3 is 2.64 bits per heavy atom. The van der Waals surface area contributed by atoms with Crippen LogP contribution in [0.5, 0.6) is 11.5 Å². The van der Waals surface area contributed by atoms with E-state index in [1.807, 2.05) is 0 Å². The van der Waals surface area contributed by atoms with Crippen molar-refractivity contribution in [3.05, 3.63) is 42.1 Å². The Kier molecular flexibility index (Phi) is 6.13. The number of alkyl halides is 3. The fourth-order valence-electron chi connectivity index (χ4n) is 1.92. The molecule has 134 valence electrons. The van der Waals surface area contributed by atoms with Crippen molar-refractivity contribution >= 4 is 23.4 Å². The Balaban J connectivity index is 2.21. The molecule has 1 aromatic heterocycles. The number of aromatic nitrogens is 1. The monoisotopic (exact) mass is 372 g/mol. The maximum Gasteiger partial charge on any atom is 0.398 e. The van der Waals surface area contributed by atoms with Gasteiger partial charge in [0.2, 0.25) is 0 Å². The number of hydrogen-bond donors (Lipinski definition) is 1. The largest absolute Gasteiger partial charge is 0.497 e. The van der Waals surface area contributed by atoms with Crippen LogP contribution in [0.25, 0.3) is 0 Å². The van der Waals surface area contributed by atoms with E-state index in [2.05, 4.69) is 10.3 Å². The predicted octanol–water partition coefficient (Wildman–Crippen LogP) is 4.01. The van der Waals surface area contributed by atoms with Crippen molar-refractivity contribution in [2.45, 2.75) is 11.2 Å². The Morgan fingerprint density at radius 2 is 2.00 bits per heavy atom. The molecular formula is C16H15F3N2O3S. The van der Waals surface area contributed by atoms with Crippen LogP contribution in [0, 0.1) is 0 Å². The minimum Gasteiger partial charge on any atom is -0.497 e. The average Bonchev–Trinajstić information content (AvgIpc) is 2.59. The maximum atomic E-state index is 12.4. The summed E-state index contributed by atoms with van der Waals surface area (Å²) in [4.78, 5) is 16.3. The van der Waals surface area contributed by atoms with Gasteiger partial charge in [0.25, 0.3) is 5.91 Å². The topological polar surface area (TPSA) is 60.5 Å². The molecule has 2 rings (SSSR count). The molecule has 0 unspecified atom stereocenters. The molecule has 0 atom stereocenters. The van der Waals surface area contributed by atoms with Gasteiger partial charge in [0.15, 0.2) is 0 Å². The van der Waals surface area contributed by atoms with E-state index in [1.165, 1.54) is 32.5 Å². The molecule has 5 nitrogen and oxygen atoms in total. The quantitative estimate of drug-likeness (QED) is 0.777. The smallest absolute Gasteiger partial charge is 0.398 e. The van der Waals surface area contributed by atoms with Crippen molar-refractivity contribution in [2.75, 3.05) is 25.3 Å². The molecular weight excluding hydrogens is 357 g/mol. The SMILES string of the molecule is COc1ccc(NC(=O)c2cccnc2SCC(F)(F)F)c(OC)c1. The highest BCUT2D eigenvalue weighted by molar-refractivity contribution is 7.99. The summed E-state index contributed by atoms with van der Waals surface area (Å²) in [5.74, 6) is -0.809. The molecule has 0 aliphatic heterocycles.